The Balaban J connectivity index is 1.93. The lowest BCUT2D eigenvalue weighted by molar-refractivity contribution is -0.614. The van der Waals surface area contributed by atoms with Crippen LogP contribution in [0.2, 0.25) is 0 Å². The maximum absolute atomic E-state index is 11.8. The molecule has 6 heteroatoms. The monoisotopic (exact) mass is 233 g/mol. The summed E-state index contributed by atoms with van der Waals surface area (Å²) in [4.78, 5) is 0. The van der Waals surface area contributed by atoms with Crippen molar-refractivity contribution >= 4 is 11.5 Å². The molecular formula is C11H11N3O3. The molecule has 17 heavy (non-hydrogen) atoms. The van der Waals surface area contributed by atoms with Crippen molar-refractivity contribution in [2.45, 2.75) is 13.0 Å². The van der Waals surface area contributed by atoms with Crippen molar-refractivity contribution in [2.24, 2.45) is 0 Å². The zero-order chi connectivity index (χ0) is 11.7. The molecule has 0 fully saturated rings. The SMILES string of the molecule is [O-][n+]1cc(Nc2ccon2)cc2c1CCOC2. The average Bonchev–Trinajstić information content (AvgIpc) is 2.82. The highest BCUT2D eigenvalue weighted by molar-refractivity contribution is 5.54. The first-order valence-electron chi connectivity index (χ1n) is 5.33. The quantitative estimate of drug-likeness (QED) is 0.621. The minimum atomic E-state index is 0.478. The summed E-state index contributed by atoms with van der Waals surface area (Å²) in [5.41, 5.74) is 2.37. The van der Waals surface area contributed by atoms with Crippen molar-refractivity contribution in [2.75, 3.05) is 11.9 Å². The molecule has 0 aromatic carbocycles. The molecule has 0 radical (unpaired) electrons. The van der Waals surface area contributed by atoms with Gasteiger partial charge in [-0.05, 0) is 6.07 Å². The van der Waals surface area contributed by atoms with E-state index in [2.05, 4.69) is 10.5 Å². The number of rotatable bonds is 2. The predicted molar refractivity (Wildman–Crippen MR) is 58.5 cm³/mol. The van der Waals surface area contributed by atoms with Gasteiger partial charge in [-0.25, -0.2) is 0 Å². The van der Waals surface area contributed by atoms with Gasteiger partial charge in [0.1, 0.15) is 12.0 Å². The summed E-state index contributed by atoms with van der Waals surface area (Å²) in [6, 6.07) is 3.59. The fraction of sp³-hybridized carbons (Fsp3) is 0.273. The van der Waals surface area contributed by atoms with E-state index < -0.39 is 0 Å². The van der Waals surface area contributed by atoms with E-state index in [1.165, 1.54) is 12.5 Å². The molecule has 0 saturated carbocycles. The molecule has 0 spiro atoms. The van der Waals surface area contributed by atoms with Crippen LogP contribution in [-0.4, -0.2) is 11.8 Å². The number of anilines is 2. The molecule has 1 aliphatic heterocycles. The molecule has 2 aromatic heterocycles. The topological polar surface area (TPSA) is 74.2 Å². The Kier molecular flexibility index (Phi) is 2.41. The fourth-order valence-corrected chi connectivity index (χ4v) is 1.89. The lowest BCUT2D eigenvalue weighted by Gasteiger charge is -2.16. The number of ether oxygens (including phenoxy) is 1. The van der Waals surface area contributed by atoms with E-state index in [9.17, 15) is 5.21 Å². The standard InChI is InChI=1S/C11H11N3O3/c15-14-6-9(12-11-2-4-17-13-11)5-8-7-16-3-1-10(8)14/h2,4-6H,1,3,7H2,(H,12,13). The molecule has 88 valence electrons. The molecule has 0 bridgehead atoms. The van der Waals surface area contributed by atoms with Crippen molar-refractivity contribution in [1.82, 2.24) is 5.16 Å². The third-order valence-electron chi connectivity index (χ3n) is 2.67. The molecule has 0 amide bonds. The Morgan fingerprint density at radius 3 is 3.24 bits per heavy atom. The summed E-state index contributed by atoms with van der Waals surface area (Å²) in [6.07, 6.45) is 3.62. The molecule has 3 rings (SSSR count). The van der Waals surface area contributed by atoms with Crippen LogP contribution in [0.25, 0.3) is 0 Å². The summed E-state index contributed by atoms with van der Waals surface area (Å²) < 4.78 is 10.9. The molecular weight excluding hydrogens is 222 g/mol. The van der Waals surface area contributed by atoms with Gasteiger partial charge in [0.2, 0.25) is 11.9 Å². The van der Waals surface area contributed by atoms with Crippen LogP contribution in [0.15, 0.2) is 29.1 Å². The van der Waals surface area contributed by atoms with Gasteiger partial charge in [0.15, 0.2) is 5.82 Å². The highest BCUT2D eigenvalue weighted by Crippen LogP contribution is 2.19. The largest absolute Gasteiger partial charge is 0.618 e. The summed E-state index contributed by atoms with van der Waals surface area (Å²) in [5.74, 6) is 0.571. The predicted octanol–water partition coefficient (Wildman–Crippen LogP) is 1.12. The van der Waals surface area contributed by atoms with Gasteiger partial charge in [-0.3, -0.25) is 0 Å². The van der Waals surface area contributed by atoms with Crippen molar-refractivity contribution in [3.8, 4) is 0 Å². The first kappa shape index (κ1) is 10.1. The van der Waals surface area contributed by atoms with E-state index in [4.69, 9.17) is 9.26 Å². The second-order valence-corrected chi connectivity index (χ2v) is 3.84. The van der Waals surface area contributed by atoms with E-state index >= 15 is 0 Å². The Morgan fingerprint density at radius 2 is 2.41 bits per heavy atom. The second-order valence-electron chi connectivity index (χ2n) is 3.84. The van der Waals surface area contributed by atoms with Crippen molar-refractivity contribution < 1.29 is 14.0 Å². The zero-order valence-corrected chi connectivity index (χ0v) is 9.05. The molecule has 3 heterocycles. The van der Waals surface area contributed by atoms with E-state index in [0.29, 0.717) is 31.1 Å². The van der Waals surface area contributed by atoms with Gasteiger partial charge >= 0.3 is 0 Å². The van der Waals surface area contributed by atoms with Gasteiger partial charge in [-0.15, -0.1) is 0 Å². The fourth-order valence-electron chi connectivity index (χ4n) is 1.89. The number of fused-ring (bicyclic) bond motifs is 1. The molecule has 0 aliphatic carbocycles. The van der Waals surface area contributed by atoms with Gasteiger partial charge in [0.05, 0.1) is 19.6 Å². The second kappa shape index (κ2) is 4.06. The summed E-state index contributed by atoms with van der Waals surface area (Å²) in [7, 11) is 0. The van der Waals surface area contributed by atoms with Crippen molar-refractivity contribution in [3.63, 3.8) is 0 Å². The Morgan fingerprint density at radius 1 is 1.47 bits per heavy atom. The Bertz CT molecular complexity index is 525. The van der Waals surface area contributed by atoms with Gasteiger partial charge in [-0.1, -0.05) is 5.16 Å². The van der Waals surface area contributed by atoms with E-state index in [1.807, 2.05) is 6.07 Å². The molecule has 6 nitrogen and oxygen atoms in total. The maximum atomic E-state index is 11.8. The number of aromatic nitrogens is 2. The summed E-state index contributed by atoms with van der Waals surface area (Å²) in [5, 5.41) is 18.5. The number of nitrogens with zero attached hydrogens (tertiary/aromatic N) is 2. The highest BCUT2D eigenvalue weighted by Gasteiger charge is 2.19. The summed E-state index contributed by atoms with van der Waals surface area (Å²) >= 11 is 0. The van der Waals surface area contributed by atoms with Crippen LogP contribution in [0.5, 0.6) is 0 Å². The number of hydrogen-bond acceptors (Lipinski definition) is 5. The van der Waals surface area contributed by atoms with Crippen LogP contribution < -0.4 is 10.0 Å². The summed E-state index contributed by atoms with van der Waals surface area (Å²) in [6.45, 7) is 1.08. The third kappa shape index (κ3) is 1.94. The zero-order valence-electron chi connectivity index (χ0n) is 9.05. The average molecular weight is 233 g/mol. The highest BCUT2D eigenvalue weighted by atomic mass is 16.5. The molecule has 2 aromatic rings. The minimum Gasteiger partial charge on any atom is -0.618 e. The van der Waals surface area contributed by atoms with Gasteiger partial charge < -0.3 is 19.8 Å². The smallest absolute Gasteiger partial charge is 0.204 e. The molecule has 1 N–H and O–H groups in total. The molecule has 1 aliphatic rings. The van der Waals surface area contributed by atoms with E-state index in [0.717, 1.165) is 16.0 Å². The van der Waals surface area contributed by atoms with Crippen LogP contribution in [0.3, 0.4) is 0 Å². The first-order valence-corrected chi connectivity index (χ1v) is 5.33. The van der Waals surface area contributed by atoms with Crippen LogP contribution >= 0.6 is 0 Å². The maximum Gasteiger partial charge on any atom is 0.204 e. The van der Waals surface area contributed by atoms with Crippen LogP contribution in [-0.2, 0) is 17.8 Å². The van der Waals surface area contributed by atoms with Crippen LogP contribution in [0.1, 0.15) is 11.3 Å². The van der Waals surface area contributed by atoms with Crippen LogP contribution in [0, 0.1) is 5.21 Å². The molecule has 0 atom stereocenters. The van der Waals surface area contributed by atoms with Crippen LogP contribution in [0.4, 0.5) is 11.5 Å². The number of hydrogen-bond donors (Lipinski definition) is 1. The Hall–Kier alpha value is -2.08. The Labute approximate surface area is 97.4 Å². The van der Waals surface area contributed by atoms with Crippen molar-refractivity contribution in [3.05, 3.63) is 41.1 Å². The van der Waals surface area contributed by atoms with Gasteiger partial charge in [-0.2, -0.15) is 4.73 Å². The normalized spacial score (nSPS) is 14.4. The van der Waals surface area contributed by atoms with Gasteiger partial charge in [0, 0.05) is 11.6 Å². The van der Waals surface area contributed by atoms with Crippen molar-refractivity contribution in [1.29, 1.82) is 0 Å². The number of nitrogens with one attached hydrogen (secondary N) is 1. The number of pyridine rings is 1. The lowest BCUT2D eigenvalue weighted by Crippen LogP contribution is -2.36. The first-order chi connectivity index (χ1) is 8.33. The molecule has 0 unspecified atom stereocenters. The van der Waals surface area contributed by atoms with Gasteiger partial charge in [0.25, 0.3) is 0 Å². The molecule has 0 saturated heterocycles. The lowest BCUT2D eigenvalue weighted by atomic mass is 10.1. The minimum absolute atomic E-state index is 0.478. The van der Waals surface area contributed by atoms with E-state index in [-0.39, 0.29) is 0 Å². The van der Waals surface area contributed by atoms with E-state index in [1.54, 1.807) is 6.07 Å². The third-order valence-corrected chi connectivity index (χ3v) is 2.67.